The normalized spacial score (nSPS) is 16.8. The van der Waals surface area contributed by atoms with Crippen LogP contribution >= 0.6 is 0 Å². The van der Waals surface area contributed by atoms with Gasteiger partial charge in [-0.1, -0.05) is 24.3 Å². The van der Waals surface area contributed by atoms with Gasteiger partial charge in [0.05, 0.1) is 18.6 Å². The number of amides is 1. The monoisotopic (exact) mass is 401 g/mol. The van der Waals surface area contributed by atoms with Crippen LogP contribution in [0.5, 0.6) is 5.75 Å². The Labute approximate surface area is 170 Å². The highest BCUT2D eigenvalue weighted by atomic mass is 19.1. The van der Waals surface area contributed by atoms with Gasteiger partial charge in [0, 0.05) is 25.3 Å². The average Bonchev–Trinajstić information content (AvgIpc) is 2.73. The maximum Gasteiger partial charge on any atom is 0.226 e. The van der Waals surface area contributed by atoms with Gasteiger partial charge in [0.25, 0.3) is 0 Å². The van der Waals surface area contributed by atoms with Crippen LogP contribution in [0.4, 0.5) is 4.39 Å². The molecule has 0 radical (unpaired) electrons. The van der Waals surface area contributed by atoms with Gasteiger partial charge in [-0.25, -0.2) is 4.39 Å². The van der Waals surface area contributed by atoms with Gasteiger partial charge in [0.2, 0.25) is 5.91 Å². The van der Waals surface area contributed by atoms with Gasteiger partial charge in [0.15, 0.2) is 0 Å². The van der Waals surface area contributed by atoms with Gasteiger partial charge < -0.3 is 19.9 Å². The number of hydrogen-bond donors (Lipinski definition) is 2. The Bertz CT molecular complexity index is 829. The zero-order valence-electron chi connectivity index (χ0n) is 16.9. The summed E-state index contributed by atoms with van der Waals surface area (Å²) >= 11 is 0. The van der Waals surface area contributed by atoms with Crippen molar-refractivity contribution in [3.05, 3.63) is 53.8 Å². The fourth-order valence-electron chi connectivity index (χ4n) is 3.77. The van der Waals surface area contributed by atoms with Crippen LogP contribution in [0.1, 0.15) is 25.3 Å². The summed E-state index contributed by atoms with van der Waals surface area (Å²) in [6.45, 7) is 2.97. The number of rotatable bonds is 7. The average molecular weight is 401 g/mol. The van der Waals surface area contributed by atoms with Crippen molar-refractivity contribution in [1.82, 2.24) is 5.32 Å². The molecule has 5 nitrogen and oxygen atoms in total. The number of nitrogens with one attached hydrogen (secondary N) is 1. The number of carbonyl (C=O) groups excluding carboxylic acids is 1. The van der Waals surface area contributed by atoms with Gasteiger partial charge in [-0.05, 0) is 55.5 Å². The first-order valence-electron chi connectivity index (χ1n) is 9.90. The molecular weight excluding hydrogens is 373 g/mol. The van der Waals surface area contributed by atoms with Crippen molar-refractivity contribution < 1.29 is 23.8 Å². The molecule has 1 saturated heterocycles. The highest BCUT2D eigenvalue weighted by Gasteiger charge is 2.40. The fraction of sp³-hybridized carbons (Fsp3) is 0.435. The number of benzene rings is 2. The zero-order chi connectivity index (χ0) is 20.9. The molecule has 0 spiro atoms. The fourth-order valence-corrected chi connectivity index (χ4v) is 3.77. The Morgan fingerprint density at radius 3 is 2.55 bits per heavy atom. The van der Waals surface area contributed by atoms with E-state index in [-0.39, 0.29) is 18.3 Å². The van der Waals surface area contributed by atoms with Crippen LogP contribution in [0.15, 0.2) is 42.5 Å². The zero-order valence-corrected chi connectivity index (χ0v) is 16.9. The van der Waals surface area contributed by atoms with Crippen molar-refractivity contribution in [2.24, 2.45) is 5.41 Å². The molecule has 2 aromatic rings. The molecule has 0 saturated carbocycles. The van der Waals surface area contributed by atoms with E-state index < -0.39 is 11.5 Å². The lowest BCUT2D eigenvalue weighted by molar-refractivity contribution is -0.137. The second-order valence-corrected chi connectivity index (χ2v) is 7.67. The molecule has 156 valence electrons. The second kappa shape index (κ2) is 9.37. The molecule has 3 rings (SSSR count). The van der Waals surface area contributed by atoms with Crippen LogP contribution in [0.25, 0.3) is 11.1 Å². The largest absolute Gasteiger partial charge is 0.496 e. The van der Waals surface area contributed by atoms with Gasteiger partial charge in [-0.15, -0.1) is 0 Å². The maximum atomic E-state index is 13.7. The summed E-state index contributed by atoms with van der Waals surface area (Å²) in [5.74, 6) is 0.246. The van der Waals surface area contributed by atoms with Crippen molar-refractivity contribution in [2.75, 3.05) is 26.9 Å². The van der Waals surface area contributed by atoms with Gasteiger partial charge in [-0.2, -0.15) is 0 Å². The van der Waals surface area contributed by atoms with Crippen LogP contribution in [-0.2, 0) is 16.0 Å². The summed E-state index contributed by atoms with van der Waals surface area (Å²) < 4.78 is 24.5. The van der Waals surface area contributed by atoms with Crippen LogP contribution < -0.4 is 10.1 Å². The van der Waals surface area contributed by atoms with E-state index in [0.29, 0.717) is 43.8 Å². The van der Waals surface area contributed by atoms with E-state index in [1.165, 1.54) is 12.1 Å². The first-order valence-corrected chi connectivity index (χ1v) is 9.90. The number of halogens is 1. The SMILES string of the molecule is COc1ccc(F)cc1-c1ccc(CC2(C(=O)NC[C@@H](C)O)CCOCC2)cc1. The Morgan fingerprint density at radius 1 is 1.24 bits per heavy atom. The van der Waals surface area contributed by atoms with E-state index in [9.17, 15) is 14.3 Å². The third-order valence-electron chi connectivity index (χ3n) is 5.46. The minimum absolute atomic E-state index is 0.0439. The summed E-state index contributed by atoms with van der Waals surface area (Å²) in [5.41, 5.74) is 2.02. The van der Waals surface area contributed by atoms with Gasteiger partial charge >= 0.3 is 0 Å². The van der Waals surface area contributed by atoms with E-state index in [1.807, 2.05) is 24.3 Å². The third kappa shape index (κ3) is 5.14. The number of ether oxygens (including phenoxy) is 2. The molecule has 6 heteroatoms. The Hall–Kier alpha value is -2.44. The summed E-state index contributed by atoms with van der Waals surface area (Å²) in [6, 6.07) is 12.2. The lowest BCUT2D eigenvalue weighted by atomic mass is 9.74. The van der Waals surface area contributed by atoms with Crippen molar-refractivity contribution in [3.8, 4) is 16.9 Å². The second-order valence-electron chi connectivity index (χ2n) is 7.67. The lowest BCUT2D eigenvalue weighted by Crippen LogP contribution is -2.47. The van der Waals surface area contributed by atoms with E-state index >= 15 is 0 Å². The molecule has 1 aliphatic heterocycles. The molecule has 1 atom stereocenters. The third-order valence-corrected chi connectivity index (χ3v) is 5.46. The van der Waals surface area contributed by atoms with E-state index in [2.05, 4.69) is 5.32 Å². The van der Waals surface area contributed by atoms with Crippen LogP contribution in [0.2, 0.25) is 0 Å². The first kappa shape index (κ1) is 21.3. The van der Waals surface area contributed by atoms with E-state index in [0.717, 1.165) is 11.1 Å². The number of aliphatic hydroxyl groups is 1. The molecule has 1 aliphatic rings. The molecular formula is C23H28FNO4. The highest BCUT2D eigenvalue weighted by molar-refractivity contribution is 5.83. The number of carbonyl (C=O) groups is 1. The number of aliphatic hydroxyl groups excluding tert-OH is 1. The molecule has 0 unspecified atom stereocenters. The Balaban J connectivity index is 1.81. The van der Waals surface area contributed by atoms with Crippen LogP contribution in [0, 0.1) is 11.2 Å². The van der Waals surface area contributed by atoms with Crippen molar-refractivity contribution in [3.63, 3.8) is 0 Å². The van der Waals surface area contributed by atoms with Crippen molar-refractivity contribution in [2.45, 2.75) is 32.3 Å². The molecule has 2 N–H and O–H groups in total. The molecule has 29 heavy (non-hydrogen) atoms. The Kier molecular flexibility index (Phi) is 6.87. The summed E-state index contributed by atoms with van der Waals surface area (Å²) in [5, 5.41) is 12.4. The minimum atomic E-state index is -0.587. The standard InChI is InChI=1S/C23H28FNO4/c1-16(26)15-25-22(27)23(9-11-29-12-10-23)14-17-3-5-18(6-4-17)20-13-19(24)7-8-21(20)28-2/h3-8,13,16,26H,9-12,14-15H2,1-2H3,(H,25,27)/t16-/m1/s1. The van der Waals surface area contributed by atoms with Crippen LogP contribution in [-0.4, -0.2) is 44.0 Å². The molecule has 1 fully saturated rings. The van der Waals surface area contributed by atoms with Gasteiger partial charge in [-0.3, -0.25) is 4.79 Å². The first-order chi connectivity index (χ1) is 13.9. The smallest absolute Gasteiger partial charge is 0.226 e. The summed E-state index contributed by atoms with van der Waals surface area (Å²) in [4.78, 5) is 12.9. The lowest BCUT2D eigenvalue weighted by Gasteiger charge is -2.36. The molecule has 2 aromatic carbocycles. The molecule has 1 heterocycles. The predicted octanol–water partition coefficient (Wildman–Crippen LogP) is 3.34. The van der Waals surface area contributed by atoms with Crippen molar-refractivity contribution in [1.29, 1.82) is 0 Å². The molecule has 1 amide bonds. The quantitative estimate of drug-likeness (QED) is 0.747. The van der Waals surface area contributed by atoms with Crippen molar-refractivity contribution >= 4 is 5.91 Å². The highest BCUT2D eigenvalue weighted by Crippen LogP contribution is 2.36. The van der Waals surface area contributed by atoms with Crippen LogP contribution in [0.3, 0.4) is 0 Å². The number of hydrogen-bond acceptors (Lipinski definition) is 4. The van der Waals surface area contributed by atoms with E-state index in [4.69, 9.17) is 9.47 Å². The van der Waals surface area contributed by atoms with Gasteiger partial charge in [0.1, 0.15) is 11.6 Å². The summed E-state index contributed by atoms with van der Waals surface area (Å²) in [7, 11) is 1.56. The number of methoxy groups -OCH3 is 1. The Morgan fingerprint density at radius 2 is 1.93 bits per heavy atom. The minimum Gasteiger partial charge on any atom is -0.496 e. The summed E-state index contributed by atoms with van der Waals surface area (Å²) in [6.07, 6.45) is 1.27. The maximum absolute atomic E-state index is 13.7. The van der Waals surface area contributed by atoms with E-state index in [1.54, 1.807) is 20.1 Å². The predicted molar refractivity (Wildman–Crippen MR) is 109 cm³/mol. The topological polar surface area (TPSA) is 67.8 Å². The molecule has 0 aliphatic carbocycles. The molecule has 0 aromatic heterocycles. The molecule has 0 bridgehead atoms.